The molecule has 0 unspecified atom stereocenters. The summed E-state index contributed by atoms with van der Waals surface area (Å²) in [6, 6.07) is 0. The van der Waals surface area contributed by atoms with Gasteiger partial charge in [-0.25, -0.2) is 8.42 Å². The van der Waals surface area contributed by atoms with Gasteiger partial charge in [0.15, 0.2) is 9.84 Å². The molecule has 0 rings (SSSR count). The van der Waals surface area contributed by atoms with Crippen LogP contribution in [0.5, 0.6) is 0 Å². The first-order chi connectivity index (χ1) is 3.06. The minimum Gasteiger partial charge on any atom is -0.228 e. The van der Waals surface area contributed by atoms with E-state index in [1.54, 1.807) is 0 Å². The lowest BCUT2D eigenvalue weighted by molar-refractivity contribution is 0.607. The summed E-state index contributed by atoms with van der Waals surface area (Å²) < 4.78 is 19.9. The maximum Gasteiger partial charge on any atom is 0.159 e. The van der Waals surface area contributed by atoms with Crippen molar-refractivity contribution >= 4 is 9.84 Å². The Morgan fingerprint density at radius 3 is 2.14 bits per heavy atom. The topological polar surface area (TPSA) is 34.1 Å². The monoisotopic (exact) mass is 118 g/mol. The zero-order valence-corrected chi connectivity index (χ0v) is 4.61. The van der Waals surface area contributed by atoms with Crippen LogP contribution >= 0.6 is 0 Å². The minimum atomic E-state index is -3.29. The van der Waals surface area contributed by atoms with Crippen LogP contribution in [0.1, 0.15) is 0 Å². The Labute approximate surface area is 43.8 Å². The molecule has 0 aromatic rings. The predicted molar refractivity (Wildman–Crippen MR) is 28.3 cm³/mol. The normalized spacial score (nSPS) is 11.0. The molecule has 2 nitrogen and oxygen atoms in total. The number of rotatable bonds is 2. The van der Waals surface area contributed by atoms with Gasteiger partial charge in [0.1, 0.15) is 0 Å². The largest absolute Gasteiger partial charge is 0.228 e. The lowest BCUT2D eigenvalue weighted by Gasteiger charge is -1.82. The highest BCUT2D eigenvalue weighted by molar-refractivity contribution is 7.92. The van der Waals surface area contributed by atoms with Crippen LogP contribution in [-0.2, 0) is 9.84 Å². The van der Waals surface area contributed by atoms with Crippen LogP contribution < -0.4 is 0 Å². The van der Waals surface area contributed by atoms with E-state index in [4.69, 9.17) is 0 Å². The average molecular weight is 118 g/mol. The van der Waals surface area contributed by atoms with E-state index in [0.29, 0.717) is 0 Å². The van der Waals surface area contributed by atoms with Crippen molar-refractivity contribution in [2.75, 3.05) is 5.75 Å². The molecule has 0 heterocycles. The molecule has 0 amide bonds. The zero-order valence-electron chi connectivity index (χ0n) is 3.79. The van der Waals surface area contributed by atoms with Crippen molar-refractivity contribution in [1.29, 1.82) is 0 Å². The Morgan fingerprint density at radius 1 is 1.71 bits per heavy atom. The van der Waals surface area contributed by atoms with Crippen LogP contribution in [0.4, 0.5) is 0 Å². The zero-order chi connectivity index (χ0) is 5.91. The first-order valence-corrected chi connectivity index (χ1v) is 3.39. The van der Waals surface area contributed by atoms with Crippen molar-refractivity contribution in [3.8, 4) is 0 Å². The maximum absolute atomic E-state index is 9.94. The fourth-order valence-corrected chi connectivity index (χ4v) is 0.493. The maximum atomic E-state index is 9.94. The van der Waals surface area contributed by atoms with Gasteiger partial charge in [0, 0.05) is 0 Å². The summed E-state index contributed by atoms with van der Waals surface area (Å²) >= 11 is 0. The van der Waals surface area contributed by atoms with E-state index in [-0.39, 0.29) is 5.75 Å². The van der Waals surface area contributed by atoms with Crippen LogP contribution in [0.15, 0.2) is 12.7 Å². The average Bonchev–Trinajstić information content (AvgIpc) is 1.30. The molecule has 0 atom stereocenters. The highest BCUT2D eigenvalue weighted by atomic mass is 32.2. The summed E-state index contributed by atoms with van der Waals surface area (Å²) in [4.78, 5) is 0. The molecule has 0 bridgehead atoms. The molecule has 0 aliphatic carbocycles. The highest BCUT2D eigenvalue weighted by Gasteiger charge is 1.94. The molecule has 0 aromatic heterocycles. The smallest absolute Gasteiger partial charge is 0.159 e. The molecule has 0 N–H and O–H groups in total. The fraction of sp³-hybridized carbons (Fsp3) is 0.250. The summed E-state index contributed by atoms with van der Waals surface area (Å²) in [5.41, 5.74) is 0. The van der Waals surface area contributed by atoms with Gasteiger partial charge >= 0.3 is 0 Å². The van der Waals surface area contributed by atoms with Gasteiger partial charge in [0.05, 0.1) is 12.0 Å². The highest BCUT2D eigenvalue weighted by Crippen LogP contribution is 1.82. The minimum absolute atomic E-state index is 0.146. The van der Waals surface area contributed by atoms with Gasteiger partial charge in [-0.2, -0.15) is 0 Å². The molecular weight excluding hydrogens is 112 g/mol. The molecule has 0 spiro atoms. The first kappa shape index (κ1) is 6.69. The molecule has 0 fully saturated rings. The molecule has 0 saturated carbocycles. The van der Waals surface area contributed by atoms with Crippen LogP contribution in [-0.4, -0.2) is 14.2 Å². The van der Waals surface area contributed by atoms with Crippen LogP contribution in [0.3, 0.4) is 0 Å². The van der Waals surface area contributed by atoms with Crippen molar-refractivity contribution in [2.24, 2.45) is 0 Å². The molecule has 3 heteroatoms. The van der Waals surface area contributed by atoms with Crippen LogP contribution in [0, 0.1) is 6.26 Å². The van der Waals surface area contributed by atoms with Gasteiger partial charge in [0.25, 0.3) is 0 Å². The Hall–Kier alpha value is -0.310. The molecule has 0 aromatic carbocycles. The first-order valence-electron chi connectivity index (χ1n) is 1.67. The third-order valence-electron chi connectivity index (χ3n) is 0.350. The summed E-state index contributed by atoms with van der Waals surface area (Å²) in [6.45, 7) is 3.19. The van der Waals surface area contributed by atoms with E-state index >= 15 is 0 Å². The van der Waals surface area contributed by atoms with Crippen molar-refractivity contribution in [3.63, 3.8) is 0 Å². The lowest BCUT2D eigenvalue weighted by Crippen LogP contribution is -1.94. The van der Waals surface area contributed by atoms with Gasteiger partial charge in [-0.3, -0.25) is 0 Å². The van der Waals surface area contributed by atoms with E-state index < -0.39 is 9.84 Å². The van der Waals surface area contributed by atoms with E-state index in [1.165, 1.54) is 6.08 Å². The van der Waals surface area contributed by atoms with Crippen molar-refractivity contribution < 1.29 is 8.42 Å². The summed E-state index contributed by atoms with van der Waals surface area (Å²) in [6.07, 6.45) is 5.79. The molecule has 40 valence electrons. The van der Waals surface area contributed by atoms with Crippen LogP contribution in [0.25, 0.3) is 0 Å². The third-order valence-corrected chi connectivity index (χ3v) is 1.05. The summed E-state index contributed by atoms with van der Waals surface area (Å²) in [5.74, 6) is -0.146. The van der Waals surface area contributed by atoms with Crippen molar-refractivity contribution in [2.45, 2.75) is 0 Å². The predicted octanol–water partition coefficient (Wildman–Crippen LogP) is 0.256. The molecular formula is C4H6O2S. The third kappa shape index (κ3) is 5.69. The summed E-state index contributed by atoms with van der Waals surface area (Å²) in [5, 5.41) is 0. The second-order valence-corrected chi connectivity index (χ2v) is 2.78. The lowest BCUT2D eigenvalue weighted by atomic mass is 10.8. The Kier molecular flexibility index (Phi) is 2.02. The molecule has 0 aliphatic rings. The molecule has 0 saturated heterocycles. The van der Waals surface area contributed by atoms with E-state index in [0.717, 1.165) is 0 Å². The quantitative estimate of drug-likeness (QED) is 0.487. The number of hydrogen-bond acceptors (Lipinski definition) is 2. The second-order valence-electron chi connectivity index (χ2n) is 1.12. The second kappa shape index (κ2) is 2.12. The van der Waals surface area contributed by atoms with Crippen molar-refractivity contribution in [1.82, 2.24) is 0 Å². The van der Waals surface area contributed by atoms with Gasteiger partial charge in [0.2, 0.25) is 0 Å². The molecule has 0 aliphatic heterocycles. The molecule has 2 radical (unpaired) electrons. The van der Waals surface area contributed by atoms with Crippen molar-refractivity contribution in [3.05, 3.63) is 18.9 Å². The van der Waals surface area contributed by atoms with E-state index in [2.05, 4.69) is 12.8 Å². The van der Waals surface area contributed by atoms with Gasteiger partial charge < -0.3 is 0 Å². The molecule has 7 heavy (non-hydrogen) atoms. The van der Waals surface area contributed by atoms with E-state index in [9.17, 15) is 8.42 Å². The van der Waals surface area contributed by atoms with Gasteiger partial charge in [-0.05, 0) is 0 Å². The fourth-order valence-electron chi connectivity index (χ4n) is 0.164. The van der Waals surface area contributed by atoms with E-state index in [1.807, 2.05) is 0 Å². The SMILES string of the molecule is [CH]S(=O)(=O)CC=C. The Bertz CT molecular complexity index is 143. The van der Waals surface area contributed by atoms with Crippen LogP contribution in [0.2, 0.25) is 0 Å². The van der Waals surface area contributed by atoms with Gasteiger partial charge in [-0.15, -0.1) is 6.58 Å². The standard InChI is InChI=1S/C4H6O2S/c1-3-4-7(2,5)6/h2-3H,1,4H2. The van der Waals surface area contributed by atoms with Gasteiger partial charge in [-0.1, -0.05) is 6.08 Å². The number of hydrogen-bond donors (Lipinski definition) is 0. The Balaban J connectivity index is 3.84. The Morgan fingerprint density at radius 2 is 2.14 bits per heavy atom. The summed E-state index contributed by atoms with van der Waals surface area (Å²) in [7, 11) is -3.29. The number of sulfone groups is 1.